The van der Waals surface area contributed by atoms with Crippen molar-refractivity contribution in [1.82, 2.24) is 9.88 Å². The lowest BCUT2D eigenvalue weighted by Crippen LogP contribution is -2.31. The Morgan fingerprint density at radius 3 is 2.89 bits per heavy atom. The van der Waals surface area contributed by atoms with Gasteiger partial charge in [0.05, 0.1) is 0 Å². The van der Waals surface area contributed by atoms with E-state index >= 15 is 0 Å². The smallest absolute Gasteiger partial charge is 0.303 e. The molecule has 1 aromatic rings. The van der Waals surface area contributed by atoms with Crippen molar-refractivity contribution < 1.29 is 9.90 Å². The van der Waals surface area contributed by atoms with Crippen LogP contribution in [0, 0.1) is 11.3 Å². The van der Waals surface area contributed by atoms with Crippen molar-refractivity contribution in [1.29, 1.82) is 5.26 Å². The zero-order chi connectivity index (χ0) is 14.3. The molecule has 1 aromatic heterocycles. The summed E-state index contributed by atoms with van der Waals surface area (Å²) in [5, 5.41) is 17.5. The topological polar surface area (TPSA) is 77.2 Å². The highest BCUT2D eigenvalue weighted by Crippen LogP contribution is 2.10. The molecule has 0 aliphatic carbocycles. The van der Waals surface area contributed by atoms with Gasteiger partial charge in [0.2, 0.25) is 0 Å². The summed E-state index contributed by atoms with van der Waals surface area (Å²) in [6.07, 6.45) is 2.44. The van der Waals surface area contributed by atoms with E-state index in [0.717, 1.165) is 12.1 Å². The van der Waals surface area contributed by atoms with Gasteiger partial charge in [0, 0.05) is 25.2 Å². The maximum atomic E-state index is 10.5. The first kappa shape index (κ1) is 15.1. The van der Waals surface area contributed by atoms with Gasteiger partial charge in [-0.3, -0.25) is 9.69 Å². The molecule has 5 heteroatoms. The molecule has 0 aliphatic heterocycles. The molecule has 0 fully saturated rings. The summed E-state index contributed by atoms with van der Waals surface area (Å²) in [6, 6.07) is 6.00. The molecule has 0 amide bonds. The average Bonchev–Trinajstić information content (AvgIpc) is 2.37. The number of carbonyl (C=O) groups is 1. The molecule has 0 saturated carbocycles. The third-order valence-corrected chi connectivity index (χ3v) is 2.89. The van der Waals surface area contributed by atoms with Crippen LogP contribution in [0.4, 0.5) is 0 Å². The third-order valence-electron chi connectivity index (χ3n) is 2.89. The van der Waals surface area contributed by atoms with Crippen LogP contribution in [0.3, 0.4) is 0 Å². The summed E-state index contributed by atoms with van der Waals surface area (Å²) < 4.78 is 0. The predicted molar refractivity (Wildman–Crippen MR) is 71.4 cm³/mol. The second-order valence-electron chi connectivity index (χ2n) is 4.72. The Kier molecular flexibility index (Phi) is 5.97. The maximum Gasteiger partial charge on any atom is 0.303 e. The van der Waals surface area contributed by atoms with Gasteiger partial charge in [-0.2, -0.15) is 5.26 Å². The van der Waals surface area contributed by atoms with Crippen LogP contribution >= 0.6 is 0 Å². The number of carboxylic acid groups (broad SMARTS) is 1. The van der Waals surface area contributed by atoms with Crippen LogP contribution in [-0.2, 0) is 11.3 Å². The first-order valence-electron chi connectivity index (χ1n) is 6.33. The van der Waals surface area contributed by atoms with E-state index in [1.54, 1.807) is 12.3 Å². The number of nitrogens with zero attached hydrogens (tertiary/aromatic N) is 3. The van der Waals surface area contributed by atoms with Gasteiger partial charge < -0.3 is 5.11 Å². The van der Waals surface area contributed by atoms with Crippen molar-refractivity contribution >= 4 is 5.97 Å². The van der Waals surface area contributed by atoms with Crippen LogP contribution in [0.1, 0.15) is 37.9 Å². The van der Waals surface area contributed by atoms with Gasteiger partial charge in [-0.25, -0.2) is 4.98 Å². The first-order chi connectivity index (χ1) is 9.02. The largest absolute Gasteiger partial charge is 0.481 e. The molecular formula is C14H19N3O2. The van der Waals surface area contributed by atoms with Gasteiger partial charge >= 0.3 is 5.97 Å². The molecule has 1 heterocycles. The Bertz CT molecular complexity index is 466. The quantitative estimate of drug-likeness (QED) is 0.812. The molecular weight excluding hydrogens is 242 g/mol. The number of aromatic nitrogens is 1. The monoisotopic (exact) mass is 261 g/mol. The lowest BCUT2D eigenvalue weighted by atomic mass is 10.1. The number of carboxylic acids is 1. The van der Waals surface area contributed by atoms with E-state index in [1.807, 2.05) is 12.1 Å². The first-order valence-corrected chi connectivity index (χ1v) is 6.33. The minimum atomic E-state index is -0.764. The van der Waals surface area contributed by atoms with Gasteiger partial charge in [0.15, 0.2) is 0 Å². The van der Waals surface area contributed by atoms with Crippen molar-refractivity contribution in [2.75, 3.05) is 6.54 Å². The van der Waals surface area contributed by atoms with Crippen molar-refractivity contribution in [3.63, 3.8) is 0 Å². The summed E-state index contributed by atoms with van der Waals surface area (Å²) >= 11 is 0. The van der Waals surface area contributed by atoms with E-state index < -0.39 is 5.97 Å². The Morgan fingerprint density at radius 2 is 2.32 bits per heavy atom. The molecule has 0 aliphatic rings. The van der Waals surface area contributed by atoms with E-state index in [2.05, 4.69) is 23.7 Å². The minimum Gasteiger partial charge on any atom is -0.481 e. The van der Waals surface area contributed by atoms with Crippen LogP contribution in [-0.4, -0.2) is 33.5 Å². The summed E-state index contributed by atoms with van der Waals surface area (Å²) in [5.41, 5.74) is 1.43. The fraction of sp³-hybridized carbons (Fsp3) is 0.500. The summed E-state index contributed by atoms with van der Waals surface area (Å²) in [4.78, 5) is 16.7. The van der Waals surface area contributed by atoms with Crippen LogP contribution in [0.2, 0.25) is 0 Å². The lowest BCUT2D eigenvalue weighted by Gasteiger charge is -2.26. The molecule has 0 radical (unpaired) electrons. The predicted octanol–water partition coefficient (Wildman–Crippen LogP) is 2.03. The van der Waals surface area contributed by atoms with E-state index in [-0.39, 0.29) is 6.42 Å². The van der Waals surface area contributed by atoms with Crippen molar-refractivity contribution in [2.45, 2.75) is 39.3 Å². The van der Waals surface area contributed by atoms with Crippen molar-refractivity contribution in [3.8, 4) is 6.07 Å². The molecule has 0 unspecified atom stereocenters. The standard InChI is InChI=1S/C14H19N3O2/c1-11(2)17(7-3-4-14(18)19)10-12-5-6-16-13(8-12)9-15/h5-6,8,11H,3-4,7,10H2,1-2H3,(H,18,19). The molecule has 0 saturated heterocycles. The maximum absolute atomic E-state index is 10.5. The van der Waals surface area contributed by atoms with Crippen LogP contribution in [0.25, 0.3) is 0 Å². The lowest BCUT2D eigenvalue weighted by molar-refractivity contribution is -0.137. The molecule has 0 aromatic carbocycles. The van der Waals surface area contributed by atoms with Crippen molar-refractivity contribution in [3.05, 3.63) is 29.6 Å². The van der Waals surface area contributed by atoms with E-state index in [9.17, 15) is 4.79 Å². The summed E-state index contributed by atoms with van der Waals surface area (Å²) in [6.45, 7) is 5.59. The highest BCUT2D eigenvalue weighted by atomic mass is 16.4. The zero-order valence-electron chi connectivity index (χ0n) is 11.3. The number of hydrogen-bond acceptors (Lipinski definition) is 4. The molecule has 0 spiro atoms. The number of rotatable bonds is 7. The van der Waals surface area contributed by atoms with E-state index in [0.29, 0.717) is 24.7 Å². The van der Waals surface area contributed by atoms with Crippen molar-refractivity contribution in [2.24, 2.45) is 0 Å². The third kappa shape index (κ3) is 5.49. The van der Waals surface area contributed by atoms with E-state index in [4.69, 9.17) is 10.4 Å². The molecule has 0 bridgehead atoms. The fourth-order valence-corrected chi connectivity index (χ4v) is 1.82. The minimum absolute atomic E-state index is 0.184. The number of nitriles is 1. The Balaban J connectivity index is 2.62. The summed E-state index contributed by atoms with van der Waals surface area (Å²) in [5.74, 6) is -0.764. The highest BCUT2D eigenvalue weighted by Gasteiger charge is 2.11. The van der Waals surface area contributed by atoms with Gasteiger partial charge in [-0.15, -0.1) is 0 Å². The van der Waals surface area contributed by atoms with Crippen LogP contribution < -0.4 is 0 Å². The fourth-order valence-electron chi connectivity index (χ4n) is 1.82. The van der Waals surface area contributed by atoms with Gasteiger partial charge in [-0.05, 0) is 44.5 Å². The van der Waals surface area contributed by atoms with Crippen LogP contribution in [0.15, 0.2) is 18.3 Å². The normalized spacial score (nSPS) is 10.7. The Hall–Kier alpha value is -1.93. The van der Waals surface area contributed by atoms with E-state index in [1.165, 1.54) is 0 Å². The molecule has 102 valence electrons. The second-order valence-corrected chi connectivity index (χ2v) is 4.72. The number of pyridine rings is 1. The Morgan fingerprint density at radius 1 is 1.58 bits per heavy atom. The molecule has 5 nitrogen and oxygen atoms in total. The molecule has 1 rings (SSSR count). The highest BCUT2D eigenvalue weighted by molar-refractivity contribution is 5.66. The van der Waals surface area contributed by atoms with Gasteiger partial charge in [0.1, 0.15) is 11.8 Å². The number of hydrogen-bond donors (Lipinski definition) is 1. The average molecular weight is 261 g/mol. The van der Waals surface area contributed by atoms with Gasteiger partial charge in [-0.1, -0.05) is 0 Å². The summed E-state index contributed by atoms with van der Waals surface area (Å²) in [7, 11) is 0. The zero-order valence-corrected chi connectivity index (χ0v) is 11.3. The van der Waals surface area contributed by atoms with Crippen LogP contribution in [0.5, 0.6) is 0 Å². The number of aliphatic carboxylic acids is 1. The molecule has 0 atom stereocenters. The SMILES string of the molecule is CC(C)N(CCCC(=O)O)Cc1ccnc(C#N)c1. The Labute approximate surface area is 113 Å². The second kappa shape index (κ2) is 7.49. The molecule has 19 heavy (non-hydrogen) atoms. The molecule has 1 N–H and O–H groups in total. The van der Waals surface area contributed by atoms with Gasteiger partial charge in [0.25, 0.3) is 0 Å².